The highest BCUT2D eigenvalue weighted by Gasteiger charge is 2.29. The SMILES string of the molecule is CCONC(=O)C(C)(CC)CN. The zero-order chi connectivity index (χ0) is 9.61. The Morgan fingerprint density at radius 1 is 1.58 bits per heavy atom. The van der Waals surface area contributed by atoms with Crippen LogP contribution in [0.4, 0.5) is 0 Å². The summed E-state index contributed by atoms with van der Waals surface area (Å²) in [6.07, 6.45) is 0.711. The summed E-state index contributed by atoms with van der Waals surface area (Å²) in [5.74, 6) is -0.144. The first-order chi connectivity index (χ1) is 5.60. The number of hydroxylamine groups is 1. The van der Waals surface area contributed by atoms with E-state index in [9.17, 15) is 4.79 Å². The van der Waals surface area contributed by atoms with Gasteiger partial charge in [-0.15, -0.1) is 0 Å². The molecule has 0 aliphatic carbocycles. The van der Waals surface area contributed by atoms with Crippen molar-refractivity contribution in [2.45, 2.75) is 27.2 Å². The Morgan fingerprint density at radius 2 is 2.17 bits per heavy atom. The van der Waals surface area contributed by atoms with Gasteiger partial charge in [-0.2, -0.15) is 0 Å². The highest BCUT2D eigenvalue weighted by Crippen LogP contribution is 2.18. The van der Waals surface area contributed by atoms with Gasteiger partial charge in [0.2, 0.25) is 0 Å². The predicted molar refractivity (Wildman–Crippen MR) is 47.2 cm³/mol. The zero-order valence-corrected chi connectivity index (χ0v) is 8.02. The number of hydrogen-bond donors (Lipinski definition) is 2. The molecule has 12 heavy (non-hydrogen) atoms. The van der Waals surface area contributed by atoms with Crippen LogP contribution in [0.3, 0.4) is 0 Å². The van der Waals surface area contributed by atoms with Gasteiger partial charge in [0.05, 0.1) is 12.0 Å². The van der Waals surface area contributed by atoms with Gasteiger partial charge in [0, 0.05) is 6.54 Å². The number of rotatable bonds is 5. The Morgan fingerprint density at radius 3 is 2.50 bits per heavy atom. The van der Waals surface area contributed by atoms with Gasteiger partial charge in [0.15, 0.2) is 0 Å². The fourth-order valence-corrected chi connectivity index (χ4v) is 0.659. The number of hydrogen-bond acceptors (Lipinski definition) is 3. The molecular weight excluding hydrogens is 156 g/mol. The van der Waals surface area contributed by atoms with Gasteiger partial charge >= 0.3 is 0 Å². The molecule has 0 heterocycles. The number of nitrogens with one attached hydrogen (secondary N) is 1. The van der Waals surface area contributed by atoms with E-state index >= 15 is 0 Å². The second kappa shape index (κ2) is 5.11. The van der Waals surface area contributed by atoms with Crippen LogP contribution >= 0.6 is 0 Å². The Bertz CT molecular complexity index is 144. The van der Waals surface area contributed by atoms with Crippen molar-refractivity contribution in [1.82, 2.24) is 5.48 Å². The summed E-state index contributed by atoms with van der Waals surface area (Å²) >= 11 is 0. The number of nitrogens with two attached hydrogens (primary N) is 1. The van der Waals surface area contributed by atoms with E-state index in [0.29, 0.717) is 19.6 Å². The van der Waals surface area contributed by atoms with Crippen molar-refractivity contribution in [2.24, 2.45) is 11.1 Å². The third kappa shape index (κ3) is 2.79. The number of carbonyl (C=O) groups excluding carboxylic acids is 1. The van der Waals surface area contributed by atoms with E-state index in [2.05, 4.69) is 5.48 Å². The molecule has 0 aromatic carbocycles. The molecule has 0 spiro atoms. The van der Waals surface area contributed by atoms with Gasteiger partial charge < -0.3 is 5.73 Å². The molecule has 1 atom stereocenters. The third-order valence-corrected chi connectivity index (χ3v) is 2.09. The van der Waals surface area contributed by atoms with E-state index in [-0.39, 0.29) is 5.91 Å². The summed E-state index contributed by atoms with van der Waals surface area (Å²) in [6.45, 7) is 6.37. The number of amides is 1. The average Bonchev–Trinajstić information content (AvgIpc) is 2.12. The second-order valence-electron chi connectivity index (χ2n) is 2.98. The molecule has 0 fully saturated rings. The highest BCUT2D eigenvalue weighted by molar-refractivity contribution is 5.81. The van der Waals surface area contributed by atoms with Gasteiger partial charge in [-0.3, -0.25) is 9.63 Å². The first kappa shape index (κ1) is 11.4. The Kier molecular flexibility index (Phi) is 4.85. The Hall–Kier alpha value is -0.610. The van der Waals surface area contributed by atoms with Crippen LogP contribution in [0.5, 0.6) is 0 Å². The van der Waals surface area contributed by atoms with Crippen LogP contribution in [-0.2, 0) is 9.63 Å². The van der Waals surface area contributed by atoms with Crippen molar-refractivity contribution < 1.29 is 9.63 Å². The molecule has 0 rings (SSSR count). The molecule has 0 saturated heterocycles. The van der Waals surface area contributed by atoms with Crippen molar-refractivity contribution in [3.8, 4) is 0 Å². The van der Waals surface area contributed by atoms with Gasteiger partial charge in [0.25, 0.3) is 5.91 Å². The maximum Gasteiger partial charge on any atom is 0.250 e. The van der Waals surface area contributed by atoms with Crippen LogP contribution in [0.2, 0.25) is 0 Å². The quantitative estimate of drug-likeness (QED) is 0.594. The Balaban J connectivity index is 4.03. The fraction of sp³-hybridized carbons (Fsp3) is 0.875. The van der Waals surface area contributed by atoms with Crippen molar-refractivity contribution in [3.05, 3.63) is 0 Å². The molecule has 0 aliphatic rings. The lowest BCUT2D eigenvalue weighted by Gasteiger charge is -2.24. The second-order valence-corrected chi connectivity index (χ2v) is 2.98. The molecule has 1 amide bonds. The predicted octanol–water partition coefficient (Wildman–Crippen LogP) is 0.429. The minimum Gasteiger partial charge on any atom is -0.329 e. The minimum absolute atomic E-state index is 0.144. The summed E-state index contributed by atoms with van der Waals surface area (Å²) < 4.78 is 0. The lowest BCUT2D eigenvalue weighted by atomic mass is 9.87. The van der Waals surface area contributed by atoms with Crippen LogP contribution in [0.25, 0.3) is 0 Å². The van der Waals surface area contributed by atoms with Gasteiger partial charge in [-0.1, -0.05) is 6.92 Å². The number of carbonyl (C=O) groups is 1. The molecule has 0 radical (unpaired) electrons. The smallest absolute Gasteiger partial charge is 0.250 e. The molecule has 0 bridgehead atoms. The topological polar surface area (TPSA) is 64.3 Å². The maximum absolute atomic E-state index is 11.4. The molecule has 4 nitrogen and oxygen atoms in total. The average molecular weight is 174 g/mol. The normalized spacial score (nSPS) is 15.3. The van der Waals surface area contributed by atoms with Crippen molar-refractivity contribution >= 4 is 5.91 Å². The molecule has 0 aromatic heterocycles. The lowest BCUT2D eigenvalue weighted by molar-refractivity contribution is -0.142. The summed E-state index contributed by atoms with van der Waals surface area (Å²) in [5, 5.41) is 0. The van der Waals surface area contributed by atoms with Crippen LogP contribution in [0.15, 0.2) is 0 Å². The lowest BCUT2D eigenvalue weighted by Crippen LogP contribution is -2.43. The summed E-state index contributed by atoms with van der Waals surface area (Å²) in [6, 6.07) is 0. The molecule has 3 N–H and O–H groups in total. The molecule has 72 valence electrons. The van der Waals surface area contributed by atoms with Crippen molar-refractivity contribution in [3.63, 3.8) is 0 Å². The summed E-state index contributed by atoms with van der Waals surface area (Å²) in [4.78, 5) is 16.2. The van der Waals surface area contributed by atoms with Gasteiger partial charge in [-0.05, 0) is 20.3 Å². The minimum atomic E-state index is -0.505. The highest BCUT2D eigenvalue weighted by atomic mass is 16.6. The monoisotopic (exact) mass is 174 g/mol. The zero-order valence-electron chi connectivity index (χ0n) is 8.02. The fourth-order valence-electron chi connectivity index (χ4n) is 0.659. The van der Waals surface area contributed by atoms with Crippen LogP contribution in [0, 0.1) is 5.41 Å². The van der Waals surface area contributed by atoms with Crippen LogP contribution in [-0.4, -0.2) is 19.1 Å². The van der Waals surface area contributed by atoms with E-state index < -0.39 is 5.41 Å². The molecule has 1 unspecified atom stereocenters. The largest absolute Gasteiger partial charge is 0.329 e. The van der Waals surface area contributed by atoms with Crippen molar-refractivity contribution in [1.29, 1.82) is 0 Å². The molecule has 0 aliphatic heterocycles. The van der Waals surface area contributed by atoms with Gasteiger partial charge in [0.1, 0.15) is 0 Å². The van der Waals surface area contributed by atoms with Crippen LogP contribution in [0.1, 0.15) is 27.2 Å². The molecule has 0 saturated carbocycles. The van der Waals surface area contributed by atoms with E-state index in [1.54, 1.807) is 0 Å². The molecule has 4 heteroatoms. The van der Waals surface area contributed by atoms with Crippen LogP contribution < -0.4 is 11.2 Å². The van der Waals surface area contributed by atoms with Crippen molar-refractivity contribution in [2.75, 3.05) is 13.2 Å². The first-order valence-corrected chi connectivity index (χ1v) is 4.23. The molecular formula is C8H18N2O2. The Labute approximate surface area is 73.4 Å². The van der Waals surface area contributed by atoms with Gasteiger partial charge in [-0.25, -0.2) is 5.48 Å². The third-order valence-electron chi connectivity index (χ3n) is 2.09. The standard InChI is InChI=1S/C8H18N2O2/c1-4-8(3,6-9)7(11)10-12-5-2/h4-6,9H2,1-3H3,(H,10,11). The first-order valence-electron chi connectivity index (χ1n) is 4.23. The maximum atomic E-state index is 11.4. The molecule has 0 aromatic rings. The summed E-state index contributed by atoms with van der Waals surface area (Å²) in [7, 11) is 0. The van der Waals surface area contributed by atoms with E-state index in [1.165, 1.54) is 0 Å². The summed E-state index contributed by atoms with van der Waals surface area (Å²) in [5.41, 5.74) is 7.32. The van der Waals surface area contributed by atoms with E-state index in [0.717, 1.165) is 0 Å². The van der Waals surface area contributed by atoms with E-state index in [4.69, 9.17) is 10.6 Å². The van der Waals surface area contributed by atoms with E-state index in [1.807, 2.05) is 20.8 Å².